The second-order valence-electron chi connectivity index (χ2n) is 8.51. The summed E-state index contributed by atoms with van der Waals surface area (Å²) in [6.45, 7) is 3.96. The summed E-state index contributed by atoms with van der Waals surface area (Å²) in [6.07, 6.45) is 1.68. The van der Waals surface area contributed by atoms with Gasteiger partial charge in [-0.3, -0.25) is 9.59 Å². The molecule has 1 aliphatic carbocycles. The molecule has 0 fully saturated rings. The zero-order chi connectivity index (χ0) is 23.8. The molecule has 0 radical (unpaired) electrons. The van der Waals surface area contributed by atoms with Crippen molar-refractivity contribution < 1.29 is 24.2 Å². The van der Waals surface area contributed by atoms with E-state index in [0.717, 1.165) is 28.7 Å². The van der Waals surface area contributed by atoms with Crippen molar-refractivity contribution in [1.82, 2.24) is 10.6 Å². The number of benzene rings is 2. The molecule has 2 amide bonds. The van der Waals surface area contributed by atoms with Crippen LogP contribution < -0.4 is 10.6 Å². The van der Waals surface area contributed by atoms with Crippen molar-refractivity contribution in [2.75, 3.05) is 6.61 Å². The van der Waals surface area contributed by atoms with E-state index < -0.39 is 18.1 Å². The Balaban J connectivity index is 1.56. The van der Waals surface area contributed by atoms with E-state index >= 15 is 0 Å². The lowest BCUT2D eigenvalue weighted by molar-refractivity contribution is -0.137. The zero-order valence-electron chi connectivity index (χ0n) is 19.2. The molecule has 0 aromatic heterocycles. The van der Waals surface area contributed by atoms with E-state index in [-0.39, 0.29) is 30.9 Å². The fourth-order valence-electron chi connectivity index (χ4n) is 4.31. The van der Waals surface area contributed by atoms with E-state index in [1.165, 1.54) is 0 Å². The smallest absolute Gasteiger partial charge is 0.407 e. The SMILES string of the molecule is CCC[C@@H](NC(=O)OCC1c2ccccc2-c2ccccc21)C(=O)NC(C)CCCC(=O)O. The summed E-state index contributed by atoms with van der Waals surface area (Å²) in [5.74, 6) is -1.18. The molecule has 0 spiro atoms. The van der Waals surface area contributed by atoms with E-state index in [4.69, 9.17) is 9.84 Å². The first-order valence-corrected chi connectivity index (χ1v) is 11.5. The van der Waals surface area contributed by atoms with E-state index in [9.17, 15) is 14.4 Å². The molecule has 7 nitrogen and oxygen atoms in total. The van der Waals surface area contributed by atoms with Crippen LogP contribution in [0.3, 0.4) is 0 Å². The van der Waals surface area contributed by atoms with Crippen molar-refractivity contribution in [1.29, 1.82) is 0 Å². The van der Waals surface area contributed by atoms with Crippen molar-refractivity contribution in [3.8, 4) is 11.1 Å². The zero-order valence-corrected chi connectivity index (χ0v) is 19.2. The number of alkyl carbamates (subject to hydrolysis) is 1. The maximum atomic E-state index is 12.7. The summed E-state index contributed by atoms with van der Waals surface area (Å²) >= 11 is 0. The van der Waals surface area contributed by atoms with Gasteiger partial charge < -0.3 is 20.5 Å². The Hall–Kier alpha value is -3.35. The molecule has 0 bridgehead atoms. The first-order chi connectivity index (χ1) is 15.9. The van der Waals surface area contributed by atoms with Gasteiger partial charge in [0.2, 0.25) is 5.91 Å². The standard InChI is InChI=1S/C26H32N2O5/c1-3-9-23(25(31)27-17(2)10-8-15-24(29)30)28-26(32)33-16-22-20-13-6-4-11-18(20)19-12-5-7-14-21(19)22/h4-7,11-14,17,22-23H,3,8-10,15-16H2,1-2H3,(H,27,31)(H,28,32)(H,29,30)/t17?,23-/m1/s1. The molecule has 2 atom stereocenters. The molecule has 176 valence electrons. The molecule has 0 saturated heterocycles. The molecule has 1 unspecified atom stereocenters. The third-order valence-corrected chi connectivity index (χ3v) is 5.95. The number of amides is 2. The van der Waals surface area contributed by atoms with Crippen molar-refractivity contribution in [3.05, 3.63) is 59.7 Å². The Morgan fingerprint density at radius 1 is 0.970 bits per heavy atom. The van der Waals surface area contributed by atoms with Crippen molar-refractivity contribution in [2.24, 2.45) is 0 Å². The van der Waals surface area contributed by atoms with Gasteiger partial charge in [0.05, 0.1) is 0 Å². The van der Waals surface area contributed by atoms with Crippen LogP contribution in [0.1, 0.15) is 63.0 Å². The van der Waals surface area contributed by atoms with Gasteiger partial charge in [0.25, 0.3) is 0 Å². The number of carbonyl (C=O) groups excluding carboxylic acids is 2. The molecular formula is C26H32N2O5. The molecule has 2 aromatic rings. The van der Waals surface area contributed by atoms with Gasteiger partial charge in [0.1, 0.15) is 12.6 Å². The quantitative estimate of drug-likeness (QED) is 0.467. The predicted octanol–water partition coefficient (Wildman–Crippen LogP) is 4.45. The number of nitrogens with one attached hydrogen (secondary N) is 2. The molecule has 3 rings (SSSR count). The molecule has 0 aliphatic heterocycles. The molecule has 2 aromatic carbocycles. The van der Waals surface area contributed by atoms with E-state index in [0.29, 0.717) is 19.3 Å². The largest absolute Gasteiger partial charge is 0.481 e. The number of hydrogen-bond donors (Lipinski definition) is 3. The van der Waals surface area contributed by atoms with Crippen LogP contribution in [-0.4, -0.2) is 41.8 Å². The highest BCUT2D eigenvalue weighted by Gasteiger charge is 2.29. The van der Waals surface area contributed by atoms with Crippen LogP contribution in [0, 0.1) is 0 Å². The van der Waals surface area contributed by atoms with Crippen molar-refractivity contribution >= 4 is 18.0 Å². The van der Waals surface area contributed by atoms with Crippen LogP contribution in [-0.2, 0) is 14.3 Å². The summed E-state index contributed by atoms with van der Waals surface area (Å²) in [6, 6.07) is 15.4. The molecule has 33 heavy (non-hydrogen) atoms. The molecular weight excluding hydrogens is 420 g/mol. The molecule has 0 saturated carbocycles. The van der Waals surface area contributed by atoms with Gasteiger partial charge in [-0.25, -0.2) is 4.79 Å². The minimum atomic E-state index is -0.852. The number of ether oxygens (including phenoxy) is 1. The molecule has 1 aliphatic rings. The topological polar surface area (TPSA) is 105 Å². The first-order valence-electron chi connectivity index (χ1n) is 11.5. The van der Waals surface area contributed by atoms with Gasteiger partial charge in [0.15, 0.2) is 0 Å². The van der Waals surface area contributed by atoms with E-state index in [2.05, 4.69) is 34.9 Å². The molecule has 3 N–H and O–H groups in total. The number of rotatable bonds is 11. The van der Waals surface area contributed by atoms with Gasteiger partial charge in [-0.15, -0.1) is 0 Å². The number of fused-ring (bicyclic) bond motifs is 3. The highest BCUT2D eigenvalue weighted by Crippen LogP contribution is 2.44. The minimum Gasteiger partial charge on any atom is -0.481 e. The Morgan fingerprint density at radius 2 is 1.58 bits per heavy atom. The maximum Gasteiger partial charge on any atom is 0.407 e. The minimum absolute atomic E-state index is 0.0455. The second-order valence-corrected chi connectivity index (χ2v) is 8.51. The fraction of sp³-hybridized carbons (Fsp3) is 0.423. The third kappa shape index (κ3) is 6.34. The van der Waals surface area contributed by atoms with Gasteiger partial charge in [-0.2, -0.15) is 0 Å². The lowest BCUT2D eigenvalue weighted by atomic mass is 9.98. The van der Waals surface area contributed by atoms with Gasteiger partial charge >= 0.3 is 12.1 Å². The predicted molar refractivity (Wildman–Crippen MR) is 126 cm³/mol. The van der Waals surface area contributed by atoms with E-state index in [1.54, 1.807) is 0 Å². The van der Waals surface area contributed by atoms with Crippen molar-refractivity contribution in [2.45, 2.75) is 64.0 Å². The van der Waals surface area contributed by atoms with Crippen LogP contribution in [0.15, 0.2) is 48.5 Å². The maximum absolute atomic E-state index is 12.7. The number of carboxylic acid groups (broad SMARTS) is 1. The van der Waals surface area contributed by atoms with Gasteiger partial charge in [-0.1, -0.05) is 61.9 Å². The second kappa shape index (κ2) is 11.5. The Labute approximate surface area is 194 Å². The number of carbonyl (C=O) groups is 3. The van der Waals surface area contributed by atoms with Crippen LogP contribution in [0.2, 0.25) is 0 Å². The van der Waals surface area contributed by atoms with Crippen LogP contribution in [0.5, 0.6) is 0 Å². The van der Waals surface area contributed by atoms with Gasteiger partial charge in [0, 0.05) is 18.4 Å². The fourth-order valence-corrected chi connectivity index (χ4v) is 4.31. The average molecular weight is 453 g/mol. The third-order valence-electron chi connectivity index (χ3n) is 5.95. The molecule has 0 heterocycles. The van der Waals surface area contributed by atoms with Crippen LogP contribution in [0.4, 0.5) is 4.79 Å². The summed E-state index contributed by atoms with van der Waals surface area (Å²) in [7, 11) is 0. The molecule has 7 heteroatoms. The number of hydrogen-bond acceptors (Lipinski definition) is 4. The highest BCUT2D eigenvalue weighted by atomic mass is 16.5. The lowest BCUT2D eigenvalue weighted by Gasteiger charge is -2.21. The van der Waals surface area contributed by atoms with E-state index in [1.807, 2.05) is 38.1 Å². The lowest BCUT2D eigenvalue weighted by Crippen LogP contribution is -2.49. The average Bonchev–Trinajstić information content (AvgIpc) is 3.11. The Morgan fingerprint density at radius 3 is 2.15 bits per heavy atom. The highest BCUT2D eigenvalue weighted by molar-refractivity contribution is 5.86. The van der Waals surface area contributed by atoms with Crippen molar-refractivity contribution in [3.63, 3.8) is 0 Å². The summed E-state index contributed by atoms with van der Waals surface area (Å²) in [5, 5.41) is 14.3. The summed E-state index contributed by atoms with van der Waals surface area (Å²) < 4.78 is 5.57. The Kier molecular flexibility index (Phi) is 8.46. The first kappa shape index (κ1) is 24.3. The van der Waals surface area contributed by atoms with Gasteiger partial charge in [-0.05, 0) is 48.4 Å². The normalized spacial score (nSPS) is 14.0. The van der Waals surface area contributed by atoms with Crippen LogP contribution in [0.25, 0.3) is 11.1 Å². The van der Waals surface area contributed by atoms with Crippen LogP contribution >= 0.6 is 0 Å². The number of carboxylic acids is 1. The summed E-state index contributed by atoms with van der Waals surface area (Å²) in [5.41, 5.74) is 4.57. The summed E-state index contributed by atoms with van der Waals surface area (Å²) in [4.78, 5) is 35.9. The Bertz CT molecular complexity index is 945. The monoisotopic (exact) mass is 452 g/mol. The number of aliphatic carboxylic acids is 1.